The Morgan fingerprint density at radius 3 is 2.12 bits per heavy atom. The number of hydrogen-bond acceptors (Lipinski definition) is 3. The van der Waals surface area contributed by atoms with Crippen LogP contribution in [0.3, 0.4) is 0 Å². The fraction of sp³-hybridized carbons (Fsp3) is 0.957. The number of esters is 1. The van der Waals surface area contributed by atoms with Crippen LogP contribution < -0.4 is 0 Å². The molecule has 3 nitrogen and oxygen atoms in total. The van der Waals surface area contributed by atoms with Crippen LogP contribution in [0.5, 0.6) is 0 Å². The van der Waals surface area contributed by atoms with E-state index in [9.17, 15) is 4.79 Å². The minimum absolute atomic E-state index is 0.0473. The summed E-state index contributed by atoms with van der Waals surface area (Å²) in [6.45, 7) is 15.1. The minimum Gasteiger partial charge on any atom is -0.435 e. The molecule has 0 heterocycles. The monoisotopic (exact) mass is 366 g/mol. The molecule has 0 aromatic carbocycles. The first-order valence-corrected chi connectivity index (χ1v) is 10.8. The molecule has 2 aliphatic carbocycles. The number of carbonyl (C=O) groups is 1. The summed E-state index contributed by atoms with van der Waals surface area (Å²) in [7, 11) is 0. The maximum absolute atomic E-state index is 13.4. The summed E-state index contributed by atoms with van der Waals surface area (Å²) in [5.74, 6) is 0.583. The molecule has 0 bridgehead atoms. The highest BCUT2D eigenvalue weighted by Gasteiger charge is 2.59. The van der Waals surface area contributed by atoms with Gasteiger partial charge in [-0.15, -0.1) is 0 Å². The Kier molecular flexibility index (Phi) is 6.86. The third kappa shape index (κ3) is 5.71. The standard InChI is InChI=1S/C23H42O3/c1-17(2)25-19(15-18-11-9-8-10-12-18)26-20(24)23(7,16-21(3,4)5)22(6)13-14-22/h17-19H,8-16H2,1-7H3. The van der Waals surface area contributed by atoms with Crippen LogP contribution in [0.15, 0.2) is 0 Å². The molecular weight excluding hydrogens is 324 g/mol. The van der Waals surface area contributed by atoms with Crippen LogP contribution in [0.2, 0.25) is 0 Å². The van der Waals surface area contributed by atoms with Gasteiger partial charge in [0.2, 0.25) is 6.29 Å². The van der Waals surface area contributed by atoms with Crippen molar-refractivity contribution in [3.05, 3.63) is 0 Å². The van der Waals surface area contributed by atoms with Gasteiger partial charge in [0.25, 0.3) is 0 Å². The fourth-order valence-corrected chi connectivity index (χ4v) is 4.71. The summed E-state index contributed by atoms with van der Waals surface area (Å²) in [5, 5.41) is 0. The molecule has 2 unspecified atom stereocenters. The lowest BCUT2D eigenvalue weighted by Crippen LogP contribution is -2.43. The third-order valence-corrected chi connectivity index (χ3v) is 6.58. The fourth-order valence-electron chi connectivity index (χ4n) is 4.71. The molecule has 0 amide bonds. The molecule has 0 aromatic heterocycles. The zero-order valence-electron chi connectivity index (χ0n) is 18.3. The highest BCUT2D eigenvalue weighted by molar-refractivity contribution is 5.78. The quantitative estimate of drug-likeness (QED) is 0.363. The van der Waals surface area contributed by atoms with E-state index in [1.54, 1.807) is 0 Å². The second-order valence-corrected chi connectivity index (χ2v) is 10.9. The first-order valence-electron chi connectivity index (χ1n) is 10.8. The summed E-state index contributed by atoms with van der Waals surface area (Å²) < 4.78 is 12.1. The molecule has 0 aromatic rings. The van der Waals surface area contributed by atoms with Gasteiger partial charge in [-0.25, -0.2) is 0 Å². The van der Waals surface area contributed by atoms with Gasteiger partial charge in [0.1, 0.15) is 0 Å². The highest BCUT2D eigenvalue weighted by atomic mass is 16.7. The van der Waals surface area contributed by atoms with Crippen LogP contribution in [0.25, 0.3) is 0 Å². The third-order valence-electron chi connectivity index (χ3n) is 6.58. The summed E-state index contributed by atoms with van der Waals surface area (Å²) in [6, 6.07) is 0. The number of hydrogen-bond donors (Lipinski definition) is 0. The number of rotatable bonds is 8. The first kappa shape index (κ1) is 21.7. The van der Waals surface area contributed by atoms with Crippen LogP contribution in [0.4, 0.5) is 0 Å². The van der Waals surface area contributed by atoms with E-state index >= 15 is 0 Å². The molecule has 2 atom stereocenters. The summed E-state index contributed by atoms with van der Waals surface area (Å²) in [5.41, 5.74) is -0.266. The zero-order chi connectivity index (χ0) is 19.6. The van der Waals surface area contributed by atoms with Gasteiger partial charge in [0.05, 0.1) is 11.5 Å². The maximum Gasteiger partial charge on any atom is 0.314 e. The summed E-state index contributed by atoms with van der Waals surface area (Å²) in [6.07, 6.45) is 10.0. The lowest BCUT2D eigenvalue weighted by Gasteiger charge is -2.40. The van der Waals surface area contributed by atoms with Crippen molar-refractivity contribution in [2.45, 2.75) is 119 Å². The Bertz CT molecular complexity index is 466. The van der Waals surface area contributed by atoms with E-state index < -0.39 is 11.7 Å². The predicted octanol–water partition coefficient (Wildman–Crippen LogP) is 6.49. The Labute approximate surface area is 161 Å². The molecule has 0 N–H and O–H groups in total. The van der Waals surface area contributed by atoms with Gasteiger partial charge in [-0.1, -0.05) is 59.8 Å². The van der Waals surface area contributed by atoms with Crippen molar-refractivity contribution in [3.63, 3.8) is 0 Å². The molecule has 0 radical (unpaired) electrons. The topological polar surface area (TPSA) is 35.5 Å². The van der Waals surface area contributed by atoms with Crippen LogP contribution in [-0.2, 0) is 14.3 Å². The second-order valence-electron chi connectivity index (χ2n) is 10.9. The summed E-state index contributed by atoms with van der Waals surface area (Å²) >= 11 is 0. The molecule has 2 saturated carbocycles. The average molecular weight is 367 g/mol. The van der Waals surface area contributed by atoms with Gasteiger partial charge in [0.15, 0.2) is 0 Å². The van der Waals surface area contributed by atoms with Crippen molar-refractivity contribution in [3.8, 4) is 0 Å². The zero-order valence-corrected chi connectivity index (χ0v) is 18.3. The average Bonchev–Trinajstić information content (AvgIpc) is 3.25. The van der Waals surface area contributed by atoms with Crippen LogP contribution in [0.1, 0.15) is 106 Å². The maximum atomic E-state index is 13.4. The molecule has 3 heteroatoms. The van der Waals surface area contributed by atoms with E-state index in [0.29, 0.717) is 5.92 Å². The largest absolute Gasteiger partial charge is 0.435 e. The smallest absolute Gasteiger partial charge is 0.314 e. The normalized spacial score (nSPS) is 24.2. The lowest BCUT2D eigenvalue weighted by molar-refractivity contribution is -0.206. The van der Waals surface area contributed by atoms with Gasteiger partial charge in [-0.05, 0) is 56.8 Å². The van der Waals surface area contributed by atoms with Gasteiger partial charge in [-0.2, -0.15) is 0 Å². The van der Waals surface area contributed by atoms with E-state index in [1.165, 1.54) is 32.1 Å². The molecule has 152 valence electrons. The SMILES string of the molecule is CC(C)OC(CC1CCCCC1)OC(=O)C(C)(CC(C)(C)C)C1(C)CC1. The Hall–Kier alpha value is -0.570. The van der Waals surface area contributed by atoms with E-state index in [-0.39, 0.29) is 22.9 Å². The molecule has 0 spiro atoms. The van der Waals surface area contributed by atoms with Crippen LogP contribution in [0, 0.1) is 22.2 Å². The minimum atomic E-state index is -0.434. The summed E-state index contributed by atoms with van der Waals surface area (Å²) in [4.78, 5) is 13.4. The van der Waals surface area contributed by atoms with Crippen molar-refractivity contribution in [2.75, 3.05) is 0 Å². The van der Waals surface area contributed by atoms with E-state index in [0.717, 1.165) is 25.7 Å². The van der Waals surface area contributed by atoms with Crippen LogP contribution in [-0.4, -0.2) is 18.4 Å². The van der Waals surface area contributed by atoms with Gasteiger partial charge in [-0.3, -0.25) is 4.79 Å². The lowest BCUT2D eigenvalue weighted by atomic mass is 9.66. The van der Waals surface area contributed by atoms with Crippen molar-refractivity contribution in [2.24, 2.45) is 22.2 Å². The van der Waals surface area contributed by atoms with Crippen molar-refractivity contribution in [1.82, 2.24) is 0 Å². The van der Waals surface area contributed by atoms with Crippen molar-refractivity contribution >= 4 is 5.97 Å². The van der Waals surface area contributed by atoms with Gasteiger partial charge >= 0.3 is 5.97 Å². The predicted molar refractivity (Wildman–Crippen MR) is 107 cm³/mol. The molecular formula is C23H42O3. The molecule has 2 rings (SSSR count). The Balaban J connectivity index is 2.09. The Morgan fingerprint density at radius 2 is 1.65 bits per heavy atom. The second kappa shape index (κ2) is 8.20. The van der Waals surface area contributed by atoms with E-state index in [4.69, 9.17) is 9.47 Å². The molecule has 0 aliphatic heterocycles. The van der Waals surface area contributed by atoms with Gasteiger partial charge < -0.3 is 9.47 Å². The van der Waals surface area contributed by atoms with Crippen LogP contribution >= 0.6 is 0 Å². The van der Waals surface area contributed by atoms with E-state index in [1.807, 2.05) is 13.8 Å². The van der Waals surface area contributed by atoms with Crippen molar-refractivity contribution < 1.29 is 14.3 Å². The Morgan fingerprint density at radius 1 is 1.08 bits per heavy atom. The molecule has 2 aliphatic rings. The highest BCUT2D eigenvalue weighted by Crippen LogP contribution is 2.62. The van der Waals surface area contributed by atoms with E-state index in [2.05, 4.69) is 34.6 Å². The van der Waals surface area contributed by atoms with Gasteiger partial charge in [0, 0.05) is 6.42 Å². The number of carbonyl (C=O) groups excluding carboxylic acids is 1. The van der Waals surface area contributed by atoms with Crippen molar-refractivity contribution in [1.29, 1.82) is 0 Å². The molecule has 26 heavy (non-hydrogen) atoms. The first-order chi connectivity index (χ1) is 12.0. The number of ether oxygens (including phenoxy) is 2. The molecule has 2 fully saturated rings. The molecule has 0 saturated heterocycles.